The highest BCUT2D eigenvalue weighted by Gasteiger charge is 2.20. The molecular weight excluding hydrogens is 427 g/mol. The molecule has 0 bridgehead atoms. The Hall–Kier alpha value is -3.16. The number of carbonyl (C=O) groups is 1. The Labute approximate surface area is 182 Å². The van der Waals surface area contributed by atoms with E-state index in [2.05, 4.69) is 15.3 Å². The van der Waals surface area contributed by atoms with Gasteiger partial charge in [0.25, 0.3) is 0 Å². The quantitative estimate of drug-likeness (QED) is 0.394. The van der Waals surface area contributed by atoms with Gasteiger partial charge in [-0.15, -0.1) is 5.10 Å². The van der Waals surface area contributed by atoms with Gasteiger partial charge >= 0.3 is 5.97 Å². The minimum Gasteiger partial charge on any atom is -0.454 e. The third-order valence-corrected chi connectivity index (χ3v) is 4.99. The third kappa shape index (κ3) is 4.08. The number of hydrogen-bond donors (Lipinski definition) is 0. The van der Waals surface area contributed by atoms with Gasteiger partial charge in [0.2, 0.25) is 5.89 Å². The zero-order chi connectivity index (χ0) is 21.3. The van der Waals surface area contributed by atoms with E-state index in [1.54, 1.807) is 54.9 Å². The fraction of sp³-hybridized carbons (Fsp3) is 0.143. The number of halogens is 2. The lowest BCUT2D eigenvalue weighted by atomic mass is 10.2. The molecule has 0 atom stereocenters. The molecular formula is C21H16Cl2N4O3. The predicted molar refractivity (Wildman–Crippen MR) is 112 cm³/mol. The predicted octanol–water partition coefficient (Wildman–Crippen LogP) is 5.20. The normalized spacial score (nSPS) is 10.9. The molecule has 0 N–H and O–H groups in total. The van der Waals surface area contributed by atoms with E-state index >= 15 is 0 Å². The number of ether oxygens (including phenoxy) is 1. The van der Waals surface area contributed by atoms with Gasteiger partial charge in [-0.05, 0) is 62.4 Å². The molecule has 0 saturated carbocycles. The average Bonchev–Trinajstić information content (AvgIpc) is 3.30. The lowest BCUT2D eigenvalue weighted by molar-refractivity contribution is 0.0459. The number of aromatic nitrogens is 4. The first-order chi connectivity index (χ1) is 14.4. The molecule has 0 aliphatic carbocycles. The van der Waals surface area contributed by atoms with Crippen LogP contribution >= 0.6 is 23.2 Å². The monoisotopic (exact) mass is 442 g/mol. The summed E-state index contributed by atoms with van der Waals surface area (Å²) in [5.41, 5.74) is 2.73. The lowest BCUT2D eigenvalue weighted by Gasteiger charge is -2.04. The Morgan fingerprint density at radius 3 is 2.33 bits per heavy atom. The first-order valence-electron chi connectivity index (χ1n) is 9.00. The van der Waals surface area contributed by atoms with E-state index in [0.717, 1.165) is 11.3 Å². The molecule has 4 aromatic rings. The zero-order valence-corrected chi connectivity index (χ0v) is 17.6. The van der Waals surface area contributed by atoms with Gasteiger partial charge in [-0.1, -0.05) is 28.4 Å². The van der Waals surface area contributed by atoms with Gasteiger partial charge in [0, 0.05) is 15.6 Å². The second-order valence-electron chi connectivity index (χ2n) is 6.52. The number of aryl methyl sites for hydroxylation is 1. The molecule has 0 radical (unpaired) electrons. The minimum atomic E-state index is -0.594. The van der Waals surface area contributed by atoms with Crippen molar-refractivity contribution >= 4 is 29.2 Å². The summed E-state index contributed by atoms with van der Waals surface area (Å²) in [6.07, 6.45) is 0. The summed E-state index contributed by atoms with van der Waals surface area (Å²) in [5, 5.41) is 9.23. The van der Waals surface area contributed by atoms with Crippen molar-refractivity contribution in [2.45, 2.75) is 20.5 Å². The van der Waals surface area contributed by atoms with E-state index in [4.69, 9.17) is 32.4 Å². The summed E-state index contributed by atoms with van der Waals surface area (Å²) in [4.78, 5) is 16.9. The van der Waals surface area contributed by atoms with Crippen LogP contribution in [0.3, 0.4) is 0 Å². The van der Waals surface area contributed by atoms with Crippen LogP contribution in [0, 0.1) is 13.8 Å². The van der Waals surface area contributed by atoms with Crippen LogP contribution in [0.15, 0.2) is 52.9 Å². The van der Waals surface area contributed by atoms with Crippen LogP contribution in [0.2, 0.25) is 10.0 Å². The maximum absolute atomic E-state index is 12.5. The van der Waals surface area contributed by atoms with Gasteiger partial charge in [-0.3, -0.25) is 0 Å². The molecule has 2 heterocycles. The van der Waals surface area contributed by atoms with Crippen molar-refractivity contribution in [3.8, 4) is 17.1 Å². The number of benzene rings is 2. The van der Waals surface area contributed by atoms with Gasteiger partial charge in [-0.2, -0.15) is 0 Å². The number of carbonyl (C=O) groups excluding carboxylic acids is 1. The molecule has 7 nitrogen and oxygen atoms in total. The molecule has 0 unspecified atom stereocenters. The van der Waals surface area contributed by atoms with Gasteiger partial charge < -0.3 is 9.15 Å². The van der Waals surface area contributed by atoms with Crippen molar-refractivity contribution in [3.05, 3.63) is 81.4 Å². The van der Waals surface area contributed by atoms with E-state index in [9.17, 15) is 4.79 Å². The Bertz CT molecular complexity index is 1200. The van der Waals surface area contributed by atoms with Crippen LogP contribution in [0.25, 0.3) is 17.1 Å². The maximum Gasteiger partial charge on any atom is 0.361 e. The number of rotatable bonds is 5. The number of nitrogens with zero attached hydrogens (tertiary/aromatic N) is 4. The van der Waals surface area contributed by atoms with Crippen LogP contribution in [0.1, 0.15) is 27.6 Å². The van der Waals surface area contributed by atoms with Crippen molar-refractivity contribution in [1.29, 1.82) is 0 Å². The maximum atomic E-state index is 12.5. The van der Waals surface area contributed by atoms with Gasteiger partial charge in [-0.25, -0.2) is 14.5 Å². The van der Waals surface area contributed by atoms with E-state index in [1.165, 1.54) is 0 Å². The molecule has 0 aliphatic rings. The number of esters is 1. The molecule has 9 heteroatoms. The van der Waals surface area contributed by atoms with Crippen LogP contribution in [0.4, 0.5) is 0 Å². The Kier molecular flexibility index (Phi) is 5.57. The smallest absolute Gasteiger partial charge is 0.361 e. The Balaban J connectivity index is 1.48. The highest BCUT2D eigenvalue weighted by atomic mass is 35.5. The summed E-state index contributed by atoms with van der Waals surface area (Å²) in [7, 11) is 0. The topological polar surface area (TPSA) is 83.0 Å². The largest absolute Gasteiger partial charge is 0.454 e. The molecule has 4 rings (SSSR count). The molecule has 0 spiro atoms. The second-order valence-corrected chi connectivity index (χ2v) is 7.39. The molecule has 30 heavy (non-hydrogen) atoms. The molecule has 2 aromatic carbocycles. The fourth-order valence-corrected chi connectivity index (χ4v) is 3.08. The third-order valence-electron chi connectivity index (χ3n) is 4.48. The van der Waals surface area contributed by atoms with Crippen LogP contribution in [-0.2, 0) is 11.3 Å². The first kappa shape index (κ1) is 20.1. The molecule has 0 aliphatic heterocycles. The first-order valence-corrected chi connectivity index (χ1v) is 9.75. The minimum absolute atomic E-state index is 0.0466. The Morgan fingerprint density at radius 2 is 1.67 bits per heavy atom. The summed E-state index contributed by atoms with van der Waals surface area (Å²) in [6, 6.07) is 14.2. The average molecular weight is 443 g/mol. The summed E-state index contributed by atoms with van der Waals surface area (Å²) < 4.78 is 12.6. The van der Waals surface area contributed by atoms with E-state index in [0.29, 0.717) is 33.1 Å². The number of hydrogen-bond acceptors (Lipinski definition) is 6. The van der Waals surface area contributed by atoms with Crippen molar-refractivity contribution < 1.29 is 13.9 Å². The molecule has 0 amide bonds. The van der Waals surface area contributed by atoms with Crippen molar-refractivity contribution in [2.75, 3.05) is 0 Å². The van der Waals surface area contributed by atoms with E-state index in [-0.39, 0.29) is 12.3 Å². The second kappa shape index (κ2) is 8.30. The SMILES string of the molecule is Cc1oc(-c2ccc(Cl)cc2)nc1COC(=O)c1nnn(-c2ccc(Cl)cc2)c1C. The lowest BCUT2D eigenvalue weighted by Crippen LogP contribution is -2.09. The van der Waals surface area contributed by atoms with E-state index in [1.807, 2.05) is 12.1 Å². The summed E-state index contributed by atoms with van der Waals surface area (Å²) in [6.45, 7) is 3.46. The van der Waals surface area contributed by atoms with E-state index < -0.39 is 5.97 Å². The van der Waals surface area contributed by atoms with Gasteiger partial charge in [0.05, 0.1) is 11.4 Å². The van der Waals surface area contributed by atoms with Gasteiger partial charge in [0.15, 0.2) is 5.69 Å². The van der Waals surface area contributed by atoms with Crippen molar-refractivity contribution in [2.24, 2.45) is 0 Å². The zero-order valence-electron chi connectivity index (χ0n) is 16.1. The molecule has 2 aromatic heterocycles. The standard InChI is InChI=1S/C21H16Cl2N4O3/c1-12-19(25-26-27(12)17-9-7-16(23)8-10-17)21(28)29-11-18-13(2)30-20(24-18)14-3-5-15(22)6-4-14/h3-10H,11H2,1-2H3. The highest BCUT2D eigenvalue weighted by Crippen LogP contribution is 2.24. The molecule has 152 valence electrons. The van der Waals surface area contributed by atoms with Crippen molar-refractivity contribution in [1.82, 2.24) is 20.0 Å². The van der Waals surface area contributed by atoms with Crippen LogP contribution < -0.4 is 0 Å². The summed E-state index contributed by atoms with van der Waals surface area (Å²) in [5.74, 6) is 0.400. The number of oxazole rings is 1. The fourth-order valence-electron chi connectivity index (χ4n) is 2.83. The van der Waals surface area contributed by atoms with Crippen molar-refractivity contribution in [3.63, 3.8) is 0 Å². The molecule has 0 fully saturated rings. The molecule has 0 saturated heterocycles. The van der Waals surface area contributed by atoms with Gasteiger partial charge in [0.1, 0.15) is 18.1 Å². The van der Waals surface area contributed by atoms with Crippen LogP contribution in [0.5, 0.6) is 0 Å². The Morgan fingerprint density at radius 1 is 1.03 bits per heavy atom. The van der Waals surface area contributed by atoms with Crippen LogP contribution in [-0.4, -0.2) is 25.9 Å². The highest BCUT2D eigenvalue weighted by molar-refractivity contribution is 6.30. The summed E-state index contributed by atoms with van der Waals surface area (Å²) >= 11 is 11.8.